The van der Waals surface area contributed by atoms with E-state index in [2.05, 4.69) is 15.9 Å². The van der Waals surface area contributed by atoms with Crippen LogP contribution in [0, 0.1) is 15.9 Å². The van der Waals surface area contributed by atoms with E-state index < -0.39 is 4.92 Å². The van der Waals surface area contributed by atoms with Crippen LogP contribution in [0.2, 0.25) is 0 Å². The molecule has 0 spiro atoms. The van der Waals surface area contributed by atoms with Crippen LogP contribution in [0.15, 0.2) is 40.9 Å². The third-order valence-corrected chi connectivity index (χ3v) is 3.19. The normalized spacial score (nSPS) is 10.3. The molecule has 0 bridgehead atoms. The highest BCUT2D eigenvalue weighted by atomic mass is 79.9. The Morgan fingerprint density at radius 2 is 2.05 bits per heavy atom. The zero-order valence-electron chi connectivity index (χ0n) is 10.2. The van der Waals surface area contributed by atoms with Gasteiger partial charge in [0, 0.05) is 6.07 Å². The average molecular weight is 341 g/mol. The van der Waals surface area contributed by atoms with E-state index in [1.807, 2.05) is 0 Å². The quantitative estimate of drug-likeness (QED) is 0.523. The van der Waals surface area contributed by atoms with Crippen LogP contribution in [0.4, 0.5) is 15.8 Å². The minimum Gasteiger partial charge on any atom is -0.489 e. The summed E-state index contributed by atoms with van der Waals surface area (Å²) in [5.74, 6) is 0.104. The molecule has 2 N–H and O–H groups in total. The van der Waals surface area contributed by atoms with Crippen LogP contribution in [0.3, 0.4) is 0 Å². The number of halogens is 2. The highest BCUT2D eigenvalue weighted by molar-refractivity contribution is 9.10. The van der Waals surface area contributed by atoms with Gasteiger partial charge in [-0.2, -0.15) is 0 Å². The van der Waals surface area contributed by atoms with Crippen molar-refractivity contribution in [3.05, 3.63) is 62.4 Å². The molecule has 0 saturated heterocycles. The second-order valence-electron chi connectivity index (χ2n) is 4.01. The van der Waals surface area contributed by atoms with Crippen LogP contribution in [-0.2, 0) is 6.61 Å². The molecule has 0 aliphatic rings. The number of nitrogens with two attached hydrogens (primary N) is 1. The largest absolute Gasteiger partial charge is 0.489 e. The van der Waals surface area contributed by atoms with E-state index in [1.54, 1.807) is 6.07 Å². The van der Waals surface area contributed by atoms with Crippen LogP contribution in [0.5, 0.6) is 5.75 Å². The second-order valence-corrected chi connectivity index (χ2v) is 4.87. The summed E-state index contributed by atoms with van der Waals surface area (Å²) < 4.78 is 18.8. The van der Waals surface area contributed by atoms with Gasteiger partial charge in [0.05, 0.1) is 9.40 Å². The maximum absolute atomic E-state index is 13.1. The number of nitro benzene ring substituents is 1. The maximum atomic E-state index is 13.1. The van der Waals surface area contributed by atoms with Crippen molar-refractivity contribution in [3.63, 3.8) is 0 Å². The summed E-state index contributed by atoms with van der Waals surface area (Å²) in [5.41, 5.74) is 6.21. The Labute approximate surface area is 122 Å². The van der Waals surface area contributed by atoms with Gasteiger partial charge in [0.15, 0.2) is 0 Å². The summed E-state index contributed by atoms with van der Waals surface area (Å²) in [6.45, 7) is 0.181. The molecule has 2 aromatic rings. The molecule has 0 aromatic heterocycles. The third kappa shape index (κ3) is 3.24. The molecule has 0 heterocycles. The Hall–Kier alpha value is -2.15. The van der Waals surface area contributed by atoms with Gasteiger partial charge in [0.1, 0.15) is 23.9 Å². The predicted molar refractivity (Wildman–Crippen MR) is 75.9 cm³/mol. The van der Waals surface area contributed by atoms with Crippen LogP contribution in [-0.4, -0.2) is 4.92 Å². The van der Waals surface area contributed by atoms with Gasteiger partial charge in [-0.15, -0.1) is 0 Å². The number of anilines is 1. The van der Waals surface area contributed by atoms with E-state index in [0.717, 1.165) is 0 Å². The highest BCUT2D eigenvalue weighted by Gasteiger charge is 2.11. The van der Waals surface area contributed by atoms with Gasteiger partial charge in [-0.3, -0.25) is 10.1 Å². The third-order valence-electron chi connectivity index (χ3n) is 2.59. The van der Waals surface area contributed by atoms with Crippen molar-refractivity contribution in [2.24, 2.45) is 0 Å². The lowest BCUT2D eigenvalue weighted by Crippen LogP contribution is -2.00. The molecule has 0 amide bonds. The van der Waals surface area contributed by atoms with Gasteiger partial charge in [-0.05, 0) is 51.8 Å². The van der Waals surface area contributed by atoms with E-state index >= 15 is 0 Å². The summed E-state index contributed by atoms with van der Waals surface area (Å²) in [7, 11) is 0. The fraction of sp³-hybridized carbons (Fsp3) is 0.0769. The molecule has 0 radical (unpaired) electrons. The number of ether oxygens (including phenoxy) is 1. The van der Waals surface area contributed by atoms with Crippen LogP contribution >= 0.6 is 15.9 Å². The van der Waals surface area contributed by atoms with Crippen LogP contribution < -0.4 is 10.5 Å². The van der Waals surface area contributed by atoms with Crippen LogP contribution in [0.25, 0.3) is 0 Å². The Kier molecular flexibility index (Phi) is 4.19. The van der Waals surface area contributed by atoms with Crippen molar-refractivity contribution in [1.29, 1.82) is 0 Å². The lowest BCUT2D eigenvalue weighted by molar-refractivity contribution is -0.383. The van der Waals surface area contributed by atoms with Crippen LogP contribution in [0.1, 0.15) is 5.56 Å². The van der Waals surface area contributed by atoms with E-state index in [1.165, 1.54) is 30.3 Å². The molecule has 0 unspecified atom stereocenters. The lowest BCUT2D eigenvalue weighted by atomic mass is 10.2. The van der Waals surface area contributed by atoms with Crippen molar-refractivity contribution in [3.8, 4) is 5.75 Å². The molecule has 2 aromatic carbocycles. The number of nitrogens with zero attached hydrogens (tertiary/aromatic N) is 1. The Balaban J connectivity index is 2.09. The first-order valence-electron chi connectivity index (χ1n) is 5.58. The number of benzene rings is 2. The van der Waals surface area contributed by atoms with Crippen molar-refractivity contribution in [1.82, 2.24) is 0 Å². The first-order valence-corrected chi connectivity index (χ1v) is 6.37. The van der Waals surface area contributed by atoms with E-state index in [-0.39, 0.29) is 23.8 Å². The topological polar surface area (TPSA) is 78.4 Å². The molecule has 7 heteroatoms. The minimum atomic E-state index is -0.545. The smallest absolute Gasteiger partial charge is 0.292 e. The molecule has 5 nitrogen and oxygen atoms in total. The first-order chi connectivity index (χ1) is 9.47. The zero-order valence-corrected chi connectivity index (χ0v) is 11.8. The number of rotatable bonds is 4. The Morgan fingerprint density at radius 3 is 2.65 bits per heavy atom. The minimum absolute atomic E-state index is 0.0800. The van der Waals surface area contributed by atoms with E-state index in [9.17, 15) is 14.5 Å². The summed E-state index contributed by atoms with van der Waals surface area (Å²) in [4.78, 5) is 10.1. The van der Waals surface area contributed by atoms with Gasteiger partial charge in [0.25, 0.3) is 5.69 Å². The number of nitrogen functional groups attached to an aromatic ring is 1. The molecule has 2 rings (SSSR count). The van der Waals surface area contributed by atoms with Crippen molar-refractivity contribution in [2.75, 3.05) is 5.73 Å². The fourth-order valence-corrected chi connectivity index (χ4v) is 1.95. The van der Waals surface area contributed by atoms with E-state index in [0.29, 0.717) is 15.8 Å². The molecule has 0 aliphatic carbocycles. The maximum Gasteiger partial charge on any atom is 0.292 e. The standard InChI is InChI=1S/C13H10BrFN2O3/c14-10-6-9(2-3-11(10)15)20-7-8-1-4-13(17(18)19)12(16)5-8/h1-6H,7,16H2. The van der Waals surface area contributed by atoms with Gasteiger partial charge in [-0.1, -0.05) is 0 Å². The SMILES string of the molecule is Nc1cc(COc2ccc(F)c(Br)c2)ccc1[N+](=O)[O-]. The number of hydrogen-bond donors (Lipinski definition) is 1. The zero-order chi connectivity index (χ0) is 14.7. The van der Waals surface area contributed by atoms with Gasteiger partial charge in [0.2, 0.25) is 0 Å². The fourth-order valence-electron chi connectivity index (χ4n) is 1.59. The average Bonchev–Trinajstić information content (AvgIpc) is 2.40. The summed E-state index contributed by atoms with van der Waals surface area (Å²) in [5, 5.41) is 10.6. The molecule has 0 aliphatic heterocycles. The second kappa shape index (κ2) is 5.87. The van der Waals surface area contributed by atoms with Crippen molar-refractivity contribution < 1.29 is 14.1 Å². The summed E-state index contributed by atoms with van der Waals surface area (Å²) in [6, 6.07) is 8.65. The Morgan fingerprint density at radius 1 is 1.30 bits per heavy atom. The summed E-state index contributed by atoms with van der Waals surface area (Å²) in [6.07, 6.45) is 0. The van der Waals surface area contributed by atoms with Gasteiger partial charge in [-0.25, -0.2) is 4.39 Å². The van der Waals surface area contributed by atoms with E-state index in [4.69, 9.17) is 10.5 Å². The van der Waals surface area contributed by atoms with Gasteiger partial charge >= 0.3 is 0 Å². The summed E-state index contributed by atoms with van der Waals surface area (Å²) >= 11 is 3.06. The molecular formula is C13H10BrFN2O3. The molecule has 0 fully saturated rings. The number of nitro groups is 1. The molecular weight excluding hydrogens is 331 g/mol. The molecule has 0 saturated carbocycles. The molecule has 0 atom stereocenters. The predicted octanol–water partition coefficient (Wildman–Crippen LogP) is 3.66. The number of hydrogen-bond acceptors (Lipinski definition) is 4. The van der Waals surface area contributed by atoms with Crippen molar-refractivity contribution in [2.45, 2.75) is 6.61 Å². The molecule has 104 valence electrons. The van der Waals surface area contributed by atoms with Gasteiger partial charge < -0.3 is 10.5 Å². The monoisotopic (exact) mass is 340 g/mol. The lowest BCUT2D eigenvalue weighted by Gasteiger charge is -2.07. The Bertz CT molecular complexity index is 664. The highest BCUT2D eigenvalue weighted by Crippen LogP contribution is 2.25. The van der Waals surface area contributed by atoms with Crippen molar-refractivity contribution >= 4 is 27.3 Å². The first kappa shape index (κ1) is 14.3. The molecule has 20 heavy (non-hydrogen) atoms.